The smallest absolute Gasteiger partial charge is 0.338 e. The third kappa shape index (κ3) is 3.45. The average Bonchev–Trinajstić information content (AvgIpc) is 3.01. The van der Waals surface area contributed by atoms with Crippen LogP contribution in [0.5, 0.6) is 0 Å². The number of carbonyl (C=O) groups excluding carboxylic acids is 1. The summed E-state index contributed by atoms with van der Waals surface area (Å²) in [6.07, 6.45) is 0. The van der Waals surface area contributed by atoms with Crippen molar-refractivity contribution in [2.24, 2.45) is 0 Å². The molecule has 0 unspecified atom stereocenters. The fourth-order valence-electron chi connectivity index (χ4n) is 2.03. The van der Waals surface area contributed by atoms with Crippen molar-refractivity contribution in [2.75, 3.05) is 0 Å². The van der Waals surface area contributed by atoms with Crippen LogP contribution in [-0.2, 0) is 11.3 Å². The molecular weight excluding hydrogens is 323 g/mol. The second-order valence-corrected chi connectivity index (χ2v) is 4.89. The van der Waals surface area contributed by atoms with Crippen LogP contribution < -0.4 is 0 Å². The Kier molecular flexibility index (Phi) is 4.33. The normalized spacial score (nSPS) is 10.6. The minimum Gasteiger partial charge on any atom is -0.455 e. The first-order valence-corrected chi connectivity index (χ1v) is 6.86. The van der Waals surface area contributed by atoms with E-state index in [1.807, 2.05) is 0 Å². The number of hydrogen-bond acceptors (Lipinski definition) is 4. The highest BCUT2D eigenvalue weighted by molar-refractivity contribution is 5.89. The highest BCUT2D eigenvalue weighted by Crippen LogP contribution is 2.24. The number of ether oxygens (including phenoxy) is 1. The van der Waals surface area contributed by atoms with Crippen LogP contribution in [0.3, 0.4) is 0 Å². The molecule has 7 heteroatoms. The molecule has 0 amide bonds. The lowest BCUT2D eigenvalue weighted by atomic mass is 10.1. The lowest BCUT2D eigenvalue weighted by Gasteiger charge is -2.02. The summed E-state index contributed by atoms with van der Waals surface area (Å²) in [6.45, 7) is -0.234. The molecule has 2 aromatic carbocycles. The van der Waals surface area contributed by atoms with E-state index < -0.39 is 23.4 Å². The van der Waals surface area contributed by atoms with Gasteiger partial charge in [-0.3, -0.25) is 0 Å². The Balaban J connectivity index is 1.69. The molecule has 0 aliphatic carbocycles. The molecule has 122 valence electrons. The molecule has 24 heavy (non-hydrogen) atoms. The molecule has 3 rings (SSSR count). The number of halogens is 3. The largest absolute Gasteiger partial charge is 0.455 e. The molecule has 0 spiro atoms. The highest BCUT2D eigenvalue weighted by atomic mass is 19.1. The summed E-state index contributed by atoms with van der Waals surface area (Å²) in [4.78, 5) is 11.8. The number of hydrogen-bond donors (Lipinski definition) is 0. The zero-order valence-corrected chi connectivity index (χ0v) is 12.1. The Morgan fingerprint density at radius 1 is 1.04 bits per heavy atom. The number of esters is 1. The van der Waals surface area contributed by atoms with Crippen LogP contribution in [0.15, 0.2) is 53.1 Å². The maximum atomic E-state index is 13.7. The number of nitrogens with zero attached hydrogens (tertiary/aromatic N) is 1. The molecule has 0 saturated carbocycles. The predicted octanol–water partition coefficient (Wildman–Crippen LogP) is 4.12. The number of aromatic nitrogens is 1. The summed E-state index contributed by atoms with van der Waals surface area (Å²) in [5.41, 5.74) is 0.327. The van der Waals surface area contributed by atoms with E-state index in [0.717, 1.165) is 18.2 Å². The van der Waals surface area contributed by atoms with E-state index >= 15 is 0 Å². The molecule has 0 saturated heterocycles. The summed E-state index contributed by atoms with van der Waals surface area (Å²) in [5, 5.41) is 3.65. The van der Waals surface area contributed by atoms with Crippen molar-refractivity contribution in [1.29, 1.82) is 0 Å². The molecule has 0 atom stereocenters. The van der Waals surface area contributed by atoms with Gasteiger partial charge in [0.05, 0.1) is 11.1 Å². The Morgan fingerprint density at radius 3 is 2.58 bits per heavy atom. The summed E-state index contributed by atoms with van der Waals surface area (Å²) in [6, 6.07) is 9.45. The SMILES string of the molecule is O=C(OCc1cc(-c2ccc(F)cc2F)on1)c1cccc(F)c1. The summed E-state index contributed by atoms with van der Waals surface area (Å²) in [5.74, 6) is -2.72. The molecule has 0 radical (unpaired) electrons. The number of rotatable bonds is 4. The van der Waals surface area contributed by atoms with Crippen LogP contribution in [0.1, 0.15) is 16.1 Å². The van der Waals surface area contributed by atoms with Gasteiger partial charge in [0.2, 0.25) is 0 Å². The molecule has 4 nitrogen and oxygen atoms in total. The molecule has 0 aliphatic rings. The van der Waals surface area contributed by atoms with Crippen molar-refractivity contribution in [2.45, 2.75) is 6.61 Å². The first kappa shape index (κ1) is 15.8. The second kappa shape index (κ2) is 6.57. The van der Waals surface area contributed by atoms with Gasteiger partial charge in [0.1, 0.15) is 29.8 Å². The highest BCUT2D eigenvalue weighted by Gasteiger charge is 2.14. The maximum Gasteiger partial charge on any atom is 0.338 e. The van der Waals surface area contributed by atoms with Gasteiger partial charge >= 0.3 is 5.97 Å². The monoisotopic (exact) mass is 333 g/mol. The van der Waals surface area contributed by atoms with Crippen LogP contribution in [0.4, 0.5) is 13.2 Å². The van der Waals surface area contributed by atoms with Gasteiger partial charge in [-0.1, -0.05) is 11.2 Å². The van der Waals surface area contributed by atoms with Crippen LogP contribution in [0, 0.1) is 17.5 Å². The third-order valence-electron chi connectivity index (χ3n) is 3.17. The van der Waals surface area contributed by atoms with Gasteiger partial charge in [-0.05, 0) is 30.3 Å². The fraction of sp³-hybridized carbons (Fsp3) is 0.0588. The third-order valence-corrected chi connectivity index (χ3v) is 3.17. The quantitative estimate of drug-likeness (QED) is 0.674. The van der Waals surface area contributed by atoms with Crippen LogP contribution in [0.25, 0.3) is 11.3 Å². The van der Waals surface area contributed by atoms with Crippen LogP contribution in [-0.4, -0.2) is 11.1 Å². The lowest BCUT2D eigenvalue weighted by Crippen LogP contribution is -2.05. The van der Waals surface area contributed by atoms with Crippen molar-refractivity contribution >= 4 is 5.97 Å². The Bertz CT molecular complexity index is 892. The standard InChI is InChI=1S/C17H10F3NO3/c18-11-3-1-2-10(6-11)17(22)23-9-13-8-16(24-21-13)14-5-4-12(19)7-15(14)20/h1-8H,9H2. The first-order valence-electron chi connectivity index (χ1n) is 6.86. The minimum atomic E-state index is -0.797. The predicted molar refractivity (Wildman–Crippen MR) is 77.4 cm³/mol. The van der Waals surface area contributed by atoms with Crippen molar-refractivity contribution in [3.05, 3.63) is 77.2 Å². The molecule has 0 bridgehead atoms. The molecule has 0 fully saturated rings. The van der Waals surface area contributed by atoms with E-state index in [0.29, 0.717) is 0 Å². The summed E-state index contributed by atoms with van der Waals surface area (Å²) < 4.78 is 49.6. The van der Waals surface area contributed by atoms with Gasteiger partial charge in [0.25, 0.3) is 0 Å². The minimum absolute atomic E-state index is 0.0339. The van der Waals surface area contributed by atoms with Crippen molar-refractivity contribution < 1.29 is 27.2 Å². The van der Waals surface area contributed by atoms with Crippen molar-refractivity contribution in [1.82, 2.24) is 5.16 Å². The van der Waals surface area contributed by atoms with E-state index in [1.54, 1.807) is 0 Å². The Hall–Kier alpha value is -3.09. The van der Waals surface area contributed by atoms with Crippen LogP contribution >= 0.6 is 0 Å². The van der Waals surface area contributed by atoms with Gasteiger partial charge in [-0.15, -0.1) is 0 Å². The van der Waals surface area contributed by atoms with Crippen molar-refractivity contribution in [3.8, 4) is 11.3 Å². The van der Waals surface area contributed by atoms with E-state index in [9.17, 15) is 18.0 Å². The average molecular weight is 333 g/mol. The summed E-state index contributed by atoms with van der Waals surface area (Å²) >= 11 is 0. The topological polar surface area (TPSA) is 52.3 Å². The maximum absolute atomic E-state index is 13.7. The molecule has 0 N–H and O–H groups in total. The van der Waals surface area contributed by atoms with Gasteiger partial charge in [-0.2, -0.15) is 0 Å². The van der Waals surface area contributed by atoms with Crippen LogP contribution in [0.2, 0.25) is 0 Å². The van der Waals surface area contributed by atoms with E-state index in [2.05, 4.69) is 5.16 Å². The van der Waals surface area contributed by atoms with E-state index in [1.165, 1.54) is 30.3 Å². The van der Waals surface area contributed by atoms with Gasteiger partial charge in [0, 0.05) is 12.1 Å². The molecule has 1 heterocycles. The molecular formula is C17H10F3NO3. The Morgan fingerprint density at radius 2 is 1.83 bits per heavy atom. The van der Waals surface area contributed by atoms with Gasteiger partial charge in [-0.25, -0.2) is 18.0 Å². The zero-order chi connectivity index (χ0) is 17.1. The van der Waals surface area contributed by atoms with Gasteiger partial charge in [0.15, 0.2) is 5.76 Å². The number of carbonyl (C=O) groups is 1. The molecule has 3 aromatic rings. The Labute approximate surface area is 134 Å². The lowest BCUT2D eigenvalue weighted by molar-refractivity contribution is 0.0463. The fourth-order valence-corrected chi connectivity index (χ4v) is 2.03. The molecule has 1 aromatic heterocycles. The van der Waals surface area contributed by atoms with E-state index in [-0.39, 0.29) is 29.2 Å². The van der Waals surface area contributed by atoms with E-state index in [4.69, 9.17) is 9.26 Å². The van der Waals surface area contributed by atoms with Crippen molar-refractivity contribution in [3.63, 3.8) is 0 Å². The number of benzene rings is 2. The molecule has 0 aliphatic heterocycles. The second-order valence-electron chi connectivity index (χ2n) is 4.89. The first-order chi connectivity index (χ1) is 11.5. The van der Waals surface area contributed by atoms with Gasteiger partial charge < -0.3 is 9.26 Å². The summed E-state index contributed by atoms with van der Waals surface area (Å²) in [7, 11) is 0. The zero-order valence-electron chi connectivity index (χ0n) is 12.1.